The van der Waals surface area contributed by atoms with Crippen LogP contribution in [0.15, 0.2) is 36.7 Å². The fraction of sp³-hybridized carbons (Fsp3) is 0.350. The maximum absolute atomic E-state index is 12.5. The molecule has 6 heteroatoms. The number of Topliss-reactive ketones (excluding diaryl/α,β-unsaturated/α-hetero) is 1. The van der Waals surface area contributed by atoms with Crippen molar-refractivity contribution in [2.24, 2.45) is 0 Å². The molecular weight excluding hydrogens is 346 g/mol. The van der Waals surface area contributed by atoms with E-state index in [9.17, 15) is 4.79 Å². The van der Waals surface area contributed by atoms with Crippen LogP contribution in [0.4, 0.5) is 5.13 Å². The highest BCUT2D eigenvalue weighted by Crippen LogP contribution is 2.41. The van der Waals surface area contributed by atoms with Crippen LogP contribution >= 0.6 is 11.3 Å². The van der Waals surface area contributed by atoms with Gasteiger partial charge in [0.25, 0.3) is 0 Å². The first-order valence-corrected chi connectivity index (χ1v) is 9.81. The summed E-state index contributed by atoms with van der Waals surface area (Å²) < 4.78 is 5.44. The van der Waals surface area contributed by atoms with Crippen LogP contribution in [0.5, 0.6) is 0 Å². The number of rotatable bonds is 2. The van der Waals surface area contributed by atoms with Crippen LogP contribution in [0.3, 0.4) is 0 Å². The lowest BCUT2D eigenvalue weighted by molar-refractivity contribution is 0.0973. The third-order valence-corrected chi connectivity index (χ3v) is 6.41. The fourth-order valence-corrected chi connectivity index (χ4v) is 4.96. The molecule has 5 rings (SSSR count). The molecule has 3 heterocycles. The van der Waals surface area contributed by atoms with Gasteiger partial charge in [0.05, 0.1) is 23.8 Å². The van der Waals surface area contributed by atoms with Gasteiger partial charge in [0, 0.05) is 43.2 Å². The number of nitrogens with zero attached hydrogens (tertiary/aromatic N) is 3. The summed E-state index contributed by atoms with van der Waals surface area (Å²) >= 11 is 1.55. The number of ketones is 1. The standard InChI is InChI=1S/C20H19N3O2S/c24-17-4-3-16(14-2-1-13-5-6-21-12-15(13)11-14)18-19(17)26-20(22-18)23-7-9-25-10-8-23/h1-2,5-6,11-12,16H,3-4,7-10H2. The summed E-state index contributed by atoms with van der Waals surface area (Å²) in [6, 6.07) is 8.52. The summed E-state index contributed by atoms with van der Waals surface area (Å²) in [6.07, 6.45) is 5.12. The number of benzene rings is 1. The zero-order chi connectivity index (χ0) is 17.5. The van der Waals surface area contributed by atoms with Gasteiger partial charge in [-0.1, -0.05) is 23.5 Å². The Morgan fingerprint density at radius 3 is 2.92 bits per heavy atom. The first-order chi connectivity index (χ1) is 12.8. The molecule has 132 valence electrons. The first kappa shape index (κ1) is 15.9. The second kappa shape index (κ2) is 6.45. The van der Waals surface area contributed by atoms with Gasteiger partial charge in [-0.05, 0) is 29.5 Å². The maximum Gasteiger partial charge on any atom is 0.186 e. The summed E-state index contributed by atoms with van der Waals surface area (Å²) in [7, 11) is 0. The van der Waals surface area contributed by atoms with Crippen molar-refractivity contribution in [3.05, 3.63) is 52.8 Å². The van der Waals surface area contributed by atoms with E-state index >= 15 is 0 Å². The van der Waals surface area contributed by atoms with Crippen LogP contribution in [-0.2, 0) is 4.74 Å². The number of carbonyl (C=O) groups excluding carboxylic acids is 1. The molecular formula is C20H19N3O2S. The van der Waals surface area contributed by atoms with Gasteiger partial charge in [-0.15, -0.1) is 0 Å². The largest absolute Gasteiger partial charge is 0.378 e. The summed E-state index contributed by atoms with van der Waals surface area (Å²) in [5, 5.41) is 3.27. The highest BCUT2D eigenvalue weighted by molar-refractivity contribution is 7.17. The second-order valence-electron chi connectivity index (χ2n) is 6.81. The number of pyridine rings is 1. The third kappa shape index (κ3) is 2.70. The predicted octanol–water partition coefficient (Wildman–Crippen LogP) is 3.64. The van der Waals surface area contributed by atoms with Gasteiger partial charge >= 0.3 is 0 Å². The molecule has 0 radical (unpaired) electrons. The molecule has 0 saturated carbocycles. The zero-order valence-corrected chi connectivity index (χ0v) is 15.2. The van der Waals surface area contributed by atoms with Crippen LogP contribution in [-0.4, -0.2) is 42.1 Å². The molecule has 0 amide bonds. The molecule has 3 aromatic rings. The van der Waals surface area contributed by atoms with E-state index in [2.05, 4.69) is 28.1 Å². The van der Waals surface area contributed by atoms with Crippen molar-refractivity contribution in [2.45, 2.75) is 18.8 Å². The van der Waals surface area contributed by atoms with Crippen molar-refractivity contribution in [1.29, 1.82) is 0 Å². The normalized spacial score (nSPS) is 20.4. The molecule has 1 unspecified atom stereocenters. The molecule has 1 aliphatic carbocycles. The molecule has 0 spiro atoms. The zero-order valence-electron chi connectivity index (χ0n) is 14.4. The molecule has 1 saturated heterocycles. The van der Waals surface area contributed by atoms with Crippen molar-refractivity contribution in [3.8, 4) is 0 Å². The predicted molar refractivity (Wildman–Crippen MR) is 102 cm³/mol. The van der Waals surface area contributed by atoms with E-state index in [1.807, 2.05) is 18.5 Å². The number of carbonyl (C=O) groups is 1. The molecule has 5 nitrogen and oxygen atoms in total. The number of ether oxygens (including phenoxy) is 1. The second-order valence-corrected chi connectivity index (χ2v) is 7.78. The average molecular weight is 365 g/mol. The lowest BCUT2D eigenvalue weighted by atomic mass is 9.84. The number of fused-ring (bicyclic) bond motifs is 2. The Hall–Kier alpha value is -2.31. The van der Waals surface area contributed by atoms with E-state index in [1.54, 1.807) is 11.3 Å². The molecule has 0 N–H and O–H groups in total. The summed E-state index contributed by atoms with van der Waals surface area (Å²) in [6.45, 7) is 3.12. The first-order valence-electron chi connectivity index (χ1n) is 9.00. The number of hydrogen-bond acceptors (Lipinski definition) is 6. The number of anilines is 1. The highest BCUT2D eigenvalue weighted by Gasteiger charge is 2.32. The van der Waals surface area contributed by atoms with E-state index in [0.717, 1.165) is 53.8 Å². The quantitative estimate of drug-likeness (QED) is 0.694. The van der Waals surface area contributed by atoms with E-state index in [0.29, 0.717) is 6.42 Å². The van der Waals surface area contributed by atoms with Crippen molar-refractivity contribution < 1.29 is 9.53 Å². The topological polar surface area (TPSA) is 55.3 Å². The Bertz CT molecular complexity index is 978. The molecule has 2 aromatic heterocycles. The van der Waals surface area contributed by atoms with Crippen molar-refractivity contribution >= 4 is 33.0 Å². The minimum absolute atomic E-state index is 0.179. The number of morpholine rings is 1. The van der Waals surface area contributed by atoms with Crippen LogP contribution in [0.2, 0.25) is 0 Å². The van der Waals surface area contributed by atoms with Gasteiger partial charge in [0.1, 0.15) is 0 Å². The maximum atomic E-state index is 12.5. The van der Waals surface area contributed by atoms with Crippen LogP contribution in [0.25, 0.3) is 10.8 Å². The van der Waals surface area contributed by atoms with Crippen LogP contribution in [0.1, 0.15) is 39.7 Å². The van der Waals surface area contributed by atoms with Crippen molar-refractivity contribution in [1.82, 2.24) is 9.97 Å². The minimum atomic E-state index is 0.179. The Labute approximate surface area is 155 Å². The molecule has 1 aliphatic heterocycles. The molecule has 2 aliphatic rings. The fourth-order valence-electron chi connectivity index (χ4n) is 3.82. The SMILES string of the molecule is O=C1CCC(c2ccc3ccncc3c2)c2nc(N3CCOCC3)sc21. The van der Waals surface area contributed by atoms with E-state index in [1.165, 1.54) is 10.9 Å². The Kier molecular flexibility index (Phi) is 3.94. The van der Waals surface area contributed by atoms with Gasteiger partial charge in [-0.2, -0.15) is 0 Å². The van der Waals surface area contributed by atoms with Crippen molar-refractivity contribution in [2.75, 3.05) is 31.2 Å². The van der Waals surface area contributed by atoms with Crippen molar-refractivity contribution in [3.63, 3.8) is 0 Å². The number of hydrogen-bond donors (Lipinski definition) is 0. The van der Waals surface area contributed by atoms with Gasteiger partial charge in [0.2, 0.25) is 0 Å². The van der Waals surface area contributed by atoms with Gasteiger partial charge in [0.15, 0.2) is 10.9 Å². The van der Waals surface area contributed by atoms with E-state index in [4.69, 9.17) is 9.72 Å². The minimum Gasteiger partial charge on any atom is -0.378 e. The monoisotopic (exact) mass is 365 g/mol. The average Bonchev–Trinajstić information content (AvgIpc) is 3.15. The summed E-state index contributed by atoms with van der Waals surface area (Å²) in [5.41, 5.74) is 2.18. The molecule has 1 aromatic carbocycles. The third-order valence-electron chi connectivity index (χ3n) is 5.23. The van der Waals surface area contributed by atoms with Gasteiger partial charge < -0.3 is 9.64 Å². The molecule has 0 bridgehead atoms. The smallest absolute Gasteiger partial charge is 0.186 e. The molecule has 1 fully saturated rings. The lowest BCUT2D eigenvalue weighted by Crippen LogP contribution is -2.36. The Morgan fingerprint density at radius 1 is 1.15 bits per heavy atom. The lowest BCUT2D eigenvalue weighted by Gasteiger charge is -2.26. The summed E-state index contributed by atoms with van der Waals surface area (Å²) in [5.74, 6) is 0.411. The Balaban J connectivity index is 1.55. The number of thiazole rings is 1. The number of aromatic nitrogens is 2. The van der Waals surface area contributed by atoms with Crippen LogP contribution < -0.4 is 4.90 Å². The Morgan fingerprint density at radius 2 is 2.04 bits per heavy atom. The van der Waals surface area contributed by atoms with Gasteiger partial charge in [-0.3, -0.25) is 9.78 Å². The van der Waals surface area contributed by atoms with Crippen LogP contribution in [0, 0.1) is 0 Å². The molecule has 1 atom stereocenters. The highest BCUT2D eigenvalue weighted by atomic mass is 32.1. The molecule has 26 heavy (non-hydrogen) atoms. The summed E-state index contributed by atoms with van der Waals surface area (Å²) in [4.78, 5) is 24.7. The van der Waals surface area contributed by atoms with E-state index in [-0.39, 0.29) is 11.7 Å². The van der Waals surface area contributed by atoms with Gasteiger partial charge in [-0.25, -0.2) is 4.98 Å². The van der Waals surface area contributed by atoms with E-state index < -0.39 is 0 Å².